The zero-order valence-corrected chi connectivity index (χ0v) is 12.7. The van der Waals surface area contributed by atoms with Crippen LogP contribution in [0.4, 0.5) is 5.69 Å². The summed E-state index contributed by atoms with van der Waals surface area (Å²) in [5.41, 5.74) is 5.56. The molecule has 0 fully saturated rings. The fraction of sp³-hybridized carbons (Fsp3) is 0.235. The van der Waals surface area contributed by atoms with E-state index < -0.39 is 0 Å². The van der Waals surface area contributed by atoms with Crippen LogP contribution < -0.4 is 0 Å². The van der Waals surface area contributed by atoms with Crippen LogP contribution in [0.5, 0.6) is 0 Å². The van der Waals surface area contributed by atoms with Crippen molar-refractivity contribution in [2.24, 2.45) is 4.99 Å². The Bertz CT molecular complexity index is 653. The second-order valence-corrected chi connectivity index (χ2v) is 7.72. The van der Waals surface area contributed by atoms with Gasteiger partial charge >= 0.3 is 0 Å². The average Bonchev–Trinajstić information content (AvgIpc) is 2.89. The molecule has 4 rings (SSSR count). The van der Waals surface area contributed by atoms with Crippen LogP contribution in [0.1, 0.15) is 16.7 Å². The maximum absolute atomic E-state index is 4.81. The lowest BCUT2D eigenvalue weighted by molar-refractivity contribution is 0.940. The van der Waals surface area contributed by atoms with Gasteiger partial charge in [0.05, 0.1) is 5.69 Å². The van der Waals surface area contributed by atoms with Crippen LogP contribution in [0.3, 0.4) is 0 Å². The summed E-state index contributed by atoms with van der Waals surface area (Å²) in [5.74, 6) is 1.06. The Kier molecular flexibility index (Phi) is 3.32. The summed E-state index contributed by atoms with van der Waals surface area (Å²) in [6.45, 7) is 0. The van der Waals surface area contributed by atoms with Gasteiger partial charge in [-0.2, -0.15) is 0 Å². The molecule has 0 aromatic heterocycles. The highest BCUT2D eigenvalue weighted by molar-refractivity contribution is 8.38. The van der Waals surface area contributed by atoms with Crippen molar-refractivity contribution in [3.05, 3.63) is 65.2 Å². The average molecular weight is 297 g/mol. The number of thioether (sulfide) groups is 2. The molecule has 0 N–H and O–H groups in total. The molecule has 3 heteroatoms. The van der Waals surface area contributed by atoms with Crippen LogP contribution in [-0.4, -0.2) is 9.63 Å². The maximum Gasteiger partial charge on any atom is 0.131 e. The Labute approximate surface area is 127 Å². The molecule has 1 aliphatic heterocycles. The van der Waals surface area contributed by atoms with Crippen molar-refractivity contribution in [2.75, 3.05) is 0 Å². The van der Waals surface area contributed by atoms with E-state index in [4.69, 9.17) is 4.99 Å². The van der Waals surface area contributed by atoms with E-state index in [1.807, 2.05) is 23.5 Å². The summed E-state index contributed by atoms with van der Waals surface area (Å²) in [7, 11) is 0. The van der Waals surface area contributed by atoms with Gasteiger partial charge in [0.2, 0.25) is 0 Å². The third-order valence-electron chi connectivity index (χ3n) is 3.84. The number of benzene rings is 2. The molecule has 0 saturated heterocycles. The molecule has 0 amide bonds. The number of hydrogen-bond donors (Lipinski definition) is 0. The molecule has 0 bridgehead atoms. The SMILES string of the molecule is c1ccc2c(c1)CC(SC1=Nc3ccccc3CS1)C2. The van der Waals surface area contributed by atoms with Gasteiger partial charge in [-0.05, 0) is 35.6 Å². The normalized spacial score (nSPS) is 17.5. The van der Waals surface area contributed by atoms with Crippen molar-refractivity contribution in [3.8, 4) is 0 Å². The van der Waals surface area contributed by atoms with Crippen LogP contribution in [0.2, 0.25) is 0 Å². The minimum absolute atomic E-state index is 0.656. The van der Waals surface area contributed by atoms with E-state index in [1.54, 1.807) is 0 Å². The van der Waals surface area contributed by atoms with Crippen LogP contribution in [0.15, 0.2) is 53.5 Å². The molecule has 0 saturated carbocycles. The molecule has 100 valence electrons. The van der Waals surface area contributed by atoms with Crippen molar-refractivity contribution < 1.29 is 0 Å². The number of hydrogen-bond acceptors (Lipinski definition) is 3. The molecule has 0 unspecified atom stereocenters. The van der Waals surface area contributed by atoms with Gasteiger partial charge < -0.3 is 0 Å². The molecule has 0 radical (unpaired) electrons. The van der Waals surface area contributed by atoms with E-state index >= 15 is 0 Å². The monoisotopic (exact) mass is 297 g/mol. The van der Waals surface area contributed by atoms with Gasteiger partial charge in [-0.3, -0.25) is 0 Å². The van der Waals surface area contributed by atoms with E-state index in [0.29, 0.717) is 5.25 Å². The molecule has 1 nitrogen and oxygen atoms in total. The van der Waals surface area contributed by atoms with E-state index in [1.165, 1.54) is 33.9 Å². The lowest BCUT2D eigenvalue weighted by Crippen LogP contribution is -2.06. The highest BCUT2D eigenvalue weighted by Crippen LogP contribution is 2.39. The smallest absolute Gasteiger partial charge is 0.131 e. The fourth-order valence-electron chi connectivity index (χ4n) is 2.82. The molecular weight excluding hydrogens is 282 g/mol. The second kappa shape index (κ2) is 5.30. The number of aliphatic imine (C=N–C) groups is 1. The van der Waals surface area contributed by atoms with Crippen LogP contribution in [0.25, 0.3) is 0 Å². The van der Waals surface area contributed by atoms with E-state index in [9.17, 15) is 0 Å². The Morgan fingerprint density at radius 2 is 1.55 bits per heavy atom. The first kappa shape index (κ1) is 12.5. The van der Waals surface area contributed by atoms with Crippen molar-refractivity contribution in [2.45, 2.75) is 23.8 Å². The van der Waals surface area contributed by atoms with Gasteiger partial charge in [-0.25, -0.2) is 4.99 Å². The summed E-state index contributed by atoms with van der Waals surface area (Å²) in [6, 6.07) is 17.3. The van der Waals surface area contributed by atoms with Crippen LogP contribution in [-0.2, 0) is 18.6 Å². The summed E-state index contributed by atoms with van der Waals surface area (Å²) >= 11 is 3.85. The molecule has 1 heterocycles. The van der Waals surface area contributed by atoms with Gasteiger partial charge in [-0.1, -0.05) is 66.0 Å². The number of rotatable bonds is 1. The minimum Gasteiger partial charge on any atom is -0.235 e. The highest BCUT2D eigenvalue weighted by atomic mass is 32.2. The van der Waals surface area contributed by atoms with Crippen molar-refractivity contribution in [1.29, 1.82) is 0 Å². The lowest BCUT2D eigenvalue weighted by atomic mass is 10.1. The zero-order chi connectivity index (χ0) is 13.4. The van der Waals surface area contributed by atoms with Gasteiger partial charge in [0, 0.05) is 11.0 Å². The lowest BCUT2D eigenvalue weighted by Gasteiger charge is -2.16. The van der Waals surface area contributed by atoms with E-state index in [-0.39, 0.29) is 0 Å². The third kappa shape index (κ3) is 2.40. The molecule has 2 aliphatic rings. The first-order valence-corrected chi connectivity index (χ1v) is 8.78. The van der Waals surface area contributed by atoms with Crippen LogP contribution >= 0.6 is 23.5 Å². The predicted octanol–water partition coefficient (Wildman–Crippen LogP) is 4.82. The number of fused-ring (bicyclic) bond motifs is 2. The van der Waals surface area contributed by atoms with E-state index in [2.05, 4.69) is 48.5 Å². The zero-order valence-electron chi connectivity index (χ0n) is 11.1. The summed E-state index contributed by atoms with van der Waals surface area (Å²) < 4.78 is 1.24. The van der Waals surface area contributed by atoms with Crippen molar-refractivity contribution in [3.63, 3.8) is 0 Å². The molecule has 0 atom stereocenters. The first-order chi connectivity index (χ1) is 9.88. The summed E-state index contributed by atoms with van der Waals surface area (Å²) in [4.78, 5) is 4.81. The van der Waals surface area contributed by atoms with Gasteiger partial charge in [-0.15, -0.1) is 0 Å². The fourth-order valence-corrected chi connectivity index (χ4v) is 5.32. The maximum atomic E-state index is 4.81. The molecular formula is C17H15NS2. The molecule has 0 spiro atoms. The molecule has 2 aromatic carbocycles. The molecule has 20 heavy (non-hydrogen) atoms. The topological polar surface area (TPSA) is 12.4 Å². The quantitative estimate of drug-likeness (QED) is 0.748. The third-order valence-corrected chi connectivity index (χ3v) is 6.23. The first-order valence-electron chi connectivity index (χ1n) is 6.91. The van der Waals surface area contributed by atoms with Gasteiger partial charge in [0.1, 0.15) is 4.38 Å². The van der Waals surface area contributed by atoms with E-state index in [0.717, 1.165) is 11.4 Å². The van der Waals surface area contributed by atoms with Crippen molar-refractivity contribution >= 4 is 33.6 Å². The Morgan fingerprint density at radius 3 is 2.30 bits per heavy atom. The Morgan fingerprint density at radius 1 is 0.900 bits per heavy atom. The van der Waals surface area contributed by atoms with Gasteiger partial charge in [0.25, 0.3) is 0 Å². The number of nitrogens with zero attached hydrogens (tertiary/aromatic N) is 1. The Hall–Kier alpha value is -1.19. The second-order valence-electron chi connectivity index (χ2n) is 5.21. The minimum atomic E-state index is 0.656. The van der Waals surface area contributed by atoms with Crippen molar-refractivity contribution in [1.82, 2.24) is 0 Å². The van der Waals surface area contributed by atoms with Gasteiger partial charge in [0.15, 0.2) is 0 Å². The Balaban J connectivity index is 1.51. The number of para-hydroxylation sites is 1. The molecule has 2 aromatic rings. The summed E-state index contributed by atoms with van der Waals surface area (Å²) in [5, 5.41) is 0.656. The molecule has 1 aliphatic carbocycles. The van der Waals surface area contributed by atoms with Crippen LogP contribution in [0, 0.1) is 0 Å². The summed E-state index contributed by atoms with van der Waals surface area (Å²) in [6.07, 6.45) is 2.37. The standard InChI is InChI=1S/C17H15NS2/c1-2-6-13-10-15(9-12(13)5-1)20-17-18-16-8-4-3-7-14(16)11-19-17/h1-8,15H,9-11H2. The predicted molar refractivity (Wildman–Crippen MR) is 90.1 cm³/mol. The highest BCUT2D eigenvalue weighted by Gasteiger charge is 2.24. The largest absolute Gasteiger partial charge is 0.235 e.